The fourth-order valence-electron chi connectivity index (χ4n) is 9.54. The Balaban J connectivity index is 1.32. The summed E-state index contributed by atoms with van der Waals surface area (Å²) in [5, 5.41) is 16.7. The van der Waals surface area contributed by atoms with Crippen molar-refractivity contribution in [3.63, 3.8) is 0 Å². The van der Waals surface area contributed by atoms with Crippen molar-refractivity contribution in [2.75, 3.05) is 0 Å². The minimum Gasteiger partial charge on any atom is -0.361 e. The monoisotopic (exact) mass is 687 g/mol. The lowest BCUT2D eigenvalue weighted by Gasteiger charge is -2.30. The molecule has 0 radical (unpaired) electrons. The van der Waals surface area contributed by atoms with Crippen LogP contribution in [-0.4, -0.2) is 15.2 Å². The van der Waals surface area contributed by atoms with Gasteiger partial charge in [-0.15, -0.1) is 0 Å². The van der Waals surface area contributed by atoms with E-state index in [1.54, 1.807) is 0 Å². The zero-order chi connectivity index (χ0) is 35.3. The Labute approximate surface area is 311 Å². The molecule has 54 heavy (non-hydrogen) atoms. The third kappa shape index (κ3) is 3.96. The van der Waals surface area contributed by atoms with E-state index in [0.717, 1.165) is 5.82 Å². The summed E-state index contributed by atoms with van der Waals surface area (Å²) >= 11 is 0. The highest BCUT2D eigenvalue weighted by molar-refractivity contribution is 6.45. The molecule has 2 aliphatic rings. The second-order valence-electron chi connectivity index (χ2n) is 14.5. The largest absolute Gasteiger partial charge is 0.361 e. The van der Waals surface area contributed by atoms with Crippen LogP contribution in [0.4, 0.5) is 0 Å². The summed E-state index contributed by atoms with van der Waals surface area (Å²) in [7, 11) is 0. The van der Waals surface area contributed by atoms with Gasteiger partial charge in [0.05, 0.1) is 28.1 Å². The second-order valence-corrected chi connectivity index (χ2v) is 14.5. The van der Waals surface area contributed by atoms with Crippen molar-refractivity contribution < 1.29 is 0 Å². The Morgan fingerprint density at radius 2 is 0.926 bits per heavy atom. The highest BCUT2D eigenvalue weighted by Crippen LogP contribution is 2.50. The van der Waals surface area contributed by atoms with Crippen LogP contribution in [0.1, 0.15) is 5.56 Å². The fourth-order valence-corrected chi connectivity index (χ4v) is 9.54. The van der Waals surface area contributed by atoms with Gasteiger partial charge >= 0.3 is 0 Å². The minimum absolute atomic E-state index is 0.0534. The maximum Gasteiger partial charge on any atom is 0.112 e. The van der Waals surface area contributed by atoms with Crippen molar-refractivity contribution in [1.82, 2.24) is 14.5 Å². The minimum atomic E-state index is 0.0534. The van der Waals surface area contributed by atoms with Gasteiger partial charge in [-0.3, -0.25) is 4.57 Å². The summed E-state index contributed by atoms with van der Waals surface area (Å²) in [4.78, 5) is 0. The van der Waals surface area contributed by atoms with E-state index in [-0.39, 0.29) is 6.04 Å². The number of nitrogens with one attached hydrogen (secondary N) is 1. The summed E-state index contributed by atoms with van der Waals surface area (Å²) < 4.78 is 4.98. The molecule has 1 atom stereocenters. The molecular weight excluding hydrogens is 655 g/mol. The number of dihydropyridines is 1. The molecule has 0 saturated heterocycles. The van der Waals surface area contributed by atoms with Crippen LogP contribution in [0.2, 0.25) is 0 Å². The Morgan fingerprint density at radius 3 is 1.56 bits per heavy atom. The molecule has 0 saturated carbocycles. The number of rotatable bonds is 3. The van der Waals surface area contributed by atoms with Gasteiger partial charge in [-0.25, -0.2) is 0 Å². The molecule has 10 aromatic rings. The van der Waals surface area contributed by atoms with Crippen LogP contribution in [0.3, 0.4) is 0 Å². The number of para-hydroxylation sites is 3. The molecule has 1 aliphatic carbocycles. The molecule has 0 fully saturated rings. The van der Waals surface area contributed by atoms with Gasteiger partial charge in [0.2, 0.25) is 0 Å². The van der Waals surface area contributed by atoms with Gasteiger partial charge in [-0.1, -0.05) is 158 Å². The smallest absolute Gasteiger partial charge is 0.112 e. The molecule has 1 aliphatic heterocycles. The number of aromatic nitrogens is 2. The molecule has 2 aromatic heterocycles. The average molecular weight is 688 g/mol. The lowest BCUT2D eigenvalue weighted by molar-refractivity contribution is 0.783. The first-order valence-corrected chi connectivity index (χ1v) is 18.7. The van der Waals surface area contributed by atoms with Gasteiger partial charge in [0.1, 0.15) is 5.82 Å². The second kappa shape index (κ2) is 11.2. The molecule has 8 aromatic carbocycles. The number of fused-ring (bicyclic) bond motifs is 16. The standard InChI is InChI=1S/C51H33N3/c1-3-17-32(18-4-1)41-31-45(52-42-28-14-11-21-34(41)42)54-44-30-16-13-27-40(44)49-47-35-22-7-9-24-37(35)50-48(46(47)36-23-8-10-25-38(36)51(49)54)39-26-12-15-29-43(39)53(50)33-19-5-2-6-20-33/h1-31,42,52H. The highest BCUT2D eigenvalue weighted by atomic mass is 15.2. The first-order valence-electron chi connectivity index (χ1n) is 18.7. The molecular formula is C51H33N3. The van der Waals surface area contributed by atoms with Crippen LogP contribution in [0.25, 0.3) is 93.0 Å². The number of allylic oxidation sites excluding steroid dienone is 4. The quantitative estimate of drug-likeness (QED) is 0.184. The Morgan fingerprint density at radius 1 is 0.426 bits per heavy atom. The van der Waals surface area contributed by atoms with E-state index in [1.165, 1.54) is 98.3 Å². The SMILES string of the molecule is C1=CC2=C(c3ccccc3)C=C(n3c4ccccc4c4c5c6ccccc6c6c(c7ccccc7n6-c6ccccc6)c5c5ccccc5c43)NC2C=C1. The van der Waals surface area contributed by atoms with E-state index in [2.05, 4.69) is 203 Å². The van der Waals surface area contributed by atoms with Crippen LogP contribution in [-0.2, 0) is 0 Å². The number of benzene rings is 8. The van der Waals surface area contributed by atoms with E-state index in [0.29, 0.717) is 0 Å². The van der Waals surface area contributed by atoms with Crippen molar-refractivity contribution in [3.8, 4) is 5.69 Å². The average Bonchev–Trinajstić information content (AvgIpc) is 3.78. The van der Waals surface area contributed by atoms with Gasteiger partial charge in [0.25, 0.3) is 0 Å². The number of nitrogens with zero attached hydrogens (tertiary/aromatic N) is 2. The predicted octanol–water partition coefficient (Wildman–Crippen LogP) is 12.7. The molecule has 0 spiro atoms. The van der Waals surface area contributed by atoms with Gasteiger partial charge in [0.15, 0.2) is 0 Å². The fraction of sp³-hybridized carbons (Fsp3) is 0.0196. The Hall–Kier alpha value is -7.10. The summed E-state index contributed by atoms with van der Waals surface area (Å²) in [5.74, 6) is 1.07. The van der Waals surface area contributed by atoms with Crippen molar-refractivity contribution in [3.05, 3.63) is 199 Å². The predicted molar refractivity (Wildman–Crippen MR) is 229 cm³/mol. The van der Waals surface area contributed by atoms with Crippen LogP contribution < -0.4 is 5.32 Å². The number of hydrogen-bond acceptors (Lipinski definition) is 1. The van der Waals surface area contributed by atoms with Gasteiger partial charge in [-0.05, 0) is 57.8 Å². The molecule has 252 valence electrons. The van der Waals surface area contributed by atoms with Crippen LogP contribution in [0, 0.1) is 0 Å². The summed E-state index contributed by atoms with van der Waals surface area (Å²) in [5.41, 5.74) is 9.78. The third-order valence-corrected chi connectivity index (χ3v) is 11.7. The molecule has 12 rings (SSSR count). The molecule has 3 heteroatoms. The van der Waals surface area contributed by atoms with Crippen LogP contribution in [0.15, 0.2) is 194 Å². The zero-order valence-corrected chi connectivity index (χ0v) is 29.4. The molecule has 1 N–H and O–H groups in total. The van der Waals surface area contributed by atoms with E-state index in [9.17, 15) is 0 Å². The Bertz CT molecular complexity index is 3330. The van der Waals surface area contributed by atoms with Crippen molar-refractivity contribution in [1.29, 1.82) is 0 Å². The van der Waals surface area contributed by atoms with E-state index in [4.69, 9.17) is 0 Å². The first kappa shape index (κ1) is 29.5. The number of hydrogen-bond donors (Lipinski definition) is 1. The van der Waals surface area contributed by atoms with Gasteiger partial charge < -0.3 is 9.88 Å². The van der Waals surface area contributed by atoms with Crippen LogP contribution in [0.5, 0.6) is 0 Å². The normalized spacial score (nSPS) is 15.6. The molecule has 3 nitrogen and oxygen atoms in total. The molecule has 0 bridgehead atoms. The molecule has 3 heterocycles. The van der Waals surface area contributed by atoms with Crippen molar-refractivity contribution in [2.45, 2.75) is 6.04 Å². The molecule has 1 unspecified atom stereocenters. The zero-order valence-electron chi connectivity index (χ0n) is 29.4. The summed E-state index contributed by atoms with van der Waals surface area (Å²) in [6.07, 6.45) is 11.2. The highest BCUT2D eigenvalue weighted by Gasteiger charge is 2.28. The summed E-state index contributed by atoms with van der Waals surface area (Å²) in [6.45, 7) is 0. The van der Waals surface area contributed by atoms with E-state index < -0.39 is 0 Å². The Kier molecular flexibility index (Phi) is 6.11. The van der Waals surface area contributed by atoms with Crippen molar-refractivity contribution >= 4 is 87.3 Å². The lowest BCUT2D eigenvalue weighted by atomic mass is 9.89. The summed E-state index contributed by atoms with van der Waals surface area (Å²) in [6, 6.07) is 57.8. The first-order chi connectivity index (χ1) is 26.8. The van der Waals surface area contributed by atoms with Gasteiger partial charge in [-0.2, -0.15) is 0 Å². The van der Waals surface area contributed by atoms with E-state index in [1.807, 2.05) is 0 Å². The van der Waals surface area contributed by atoms with Gasteiger partial charge in [0, 0.05) is 48.8 Å². The molecule has 0 amide bonds. The maximum atomic E-state index is 3.99. The lowest BCUT2D eigenvalue weighted by Crippen LogP contribution is -2.33. The maximum absolute atomic E-state index is 3.99. The van der Waals surface area contributed by atoms with Crippen molar-refractivity contribution in [2.24, 2.45) is 0 Å². The van der Waals surface area contributed by atoms with E-state index >= 15 is 0 Å². The van der Waals surface area contributed by atoms with Crippen LogP contribution >= 0.6 is 0 Å². The topological polar surface area (TPSA) is 21.9 Å². The third-order valence-electron chi connectivity index (χ3n) is 11.7.